The van der Waals surface area contributed by atoms with Gasteiger partial charge in [-0.25, -0.2) is 0 Å². The average molecular weight is 347 g/mol. The molecule has 21 heavy (non-hydrogen) atoms. The van der Waals surface area contributed by atoms with Crippen LogP contribution in [0.15, 0.2) is 46.9 Å². The SMILES string of the molecule is Cc1ccccc1C(=O)c1ccc(Br)cc1OCC1CO1. The minimum Gasteiger partial charge on any atom is -0.490 e. The Balaban J connectivity index is 1.92. The lowest BCUT2D eigenvalue weighted by atomic mass is 9.98. The van der Waals surface area contributed by atoms with E-state index in [1.54, 1.807) is 6.07 Å². The molecule has 1 aliphatic heterocycles. The molecule has 1 aliphatic rings. The number of halogens is 1. The van der Waals surface area contributed by atoms with Gasteiger partial charge in [0.2, 0.25) is 0 Å². The van der Waals surface area contributed by atoms with E-state index in [0.29, 0.717) is 23.5 Å². The molecular formula is C17H15BrO3. The van der Waals surface area contributed by atoms with Crippen LogP contribution in [-0.4, -0.2) is 25.1 Å². The van der Waals surface area contributed by atoms with Gasteiger partial charge in [0.25, 0.3) is 0 Å². The summed E-state index contributed by atoms with van der Waals surface area (Å²) < 4.78 is 11.8. The fraction of sp³-hybridized carbons (Fsp3) is 0.235. The molecule has 1 atom stereocenters. The number of ketones is 1. The van der Waals surface area contributed by atoms with Gasteiger partial charge in [-0.1, -0.05) is 40.2 Å². The first-order chi connectivity index (χ1) is 10.1. The van der Waals surface area contributed by atoms with Crippen molar-refractivity contribution >= 4 is 21.7 Å². The average Bonchev–Trinajstić information content (AvgIpc) is 3.29. The van der Waals surface area contributed by atoms with E-state index in [1.807, 2.05) is 43.3 Å². The fourth-order valence-corrected chi connectivity index (χ4v) is 2.46. The van der Waals surface area contributed by atoms with E-state index in [2.05, 4.69) is 15.9 Å². The number of benzene rings is 2. The van der Waals surface area contributed by atoms with Gasteiger partial charge >= 0.3 is 0 Å². The number of rotatable bonds is 5. The molecule has 0 aromatic heterocycles. The maximum Gasteiger partial charge on any atom is 0.197 e. The largest absolute Gasteiger partial charge is 0.490 e. The van der Waals surface area contributed by atoms with Crippen molar-refractivity contribution in [2.45, 2.75) is 13.0 Å². The van der Waals surface area contributed by atoms with E-state index in [9.17, 15) is 4.79 Å². The Morgan fingerprint density at radius 1 is 1.29 bits per heavy atom. The number of ether oxygens (including phenoxy) is 2. The third-order valence-corrected chi connectivity index (χ3v) is 3.90. The van der Waals surface area contributed by atoms with Crippen molar-refractivity contribution in [3.05, 3.63) is 63.6 Å². The molecule has 0 spiro atoms. The van der Waals surface area contributed by atoms with Crippen LogP contribution < -0.4 is 4.74 Å². The second kappa shape index (κ2) is 6.00. The van der Waals surface area contributed by atoms with Crippen molar-refractivity contribution in [2.24, 2.45) is 0 Å². The van der Waals surface area contributed by atoms with Crippen LogP contribution in [0.1, 0.15) is 21.5 Å². The van der Waals surface area contributed by atoms with E-state index >= 15 is 0 Å². The van der Waals surface area contributed by atoms with Gasteiger partial charge in [-0.3, -0.25) is 4.79 Å². The quantitative estimate of drug-likeness (QED) is 0.611. The van der Waals surface area contributed by atoms with E-state index < -0.39 is 0 Å². The number of aryl methyl sites for hydroxylation is 1. The molecule has 2 aromatic rings. The molecule has 1 unspecified atom stereocenters. The zero-order valence-corrected chi connectivity index (χ0v) is 13.2. The molecule has 0 bridgehead atoms. The van der Waals surface area contributed by atoms with Crippen LogP contribution in [0.2, 0.25) is 0 Å². The number of carbonyl (C=O) groups is 1. The predicted octanol–water partition coefficient (Wildman–Crippen LogP) is 3.77. The summed E-state index contributed by atoms with van der Waals surface area (Å²) in [7, 11) is 0. The number of hydrogen-bond donors (Lipinski definition) is 0. The first-order valence-corrected chi connectivity index (χ1v) is 7.59. The van der Waals surface area contributed by atoms with Crippen LogP contribution in [-0.2, 0) is 4.74 Å². The second-order valence-corrected chi connectivity index (χ2v) is 5.97. The Kier molecular flexibility index (Phi) is 4.08. The molecule has 4 heteroatoms. The highest BCUT2D eigenvalue weighted by atomic mass is 79.9. The molecule has 0 amide bonds. The van der Waals surface area contributed by atoms with Gasteiger partial charge < -0.3 is 9.47 Å². The monoisotopic (exact) mass is 346 g/mol. The molecule has 3 nitrogen and oxygen atoms in total. The van der Waals surface area contributed by atoms with E-state index in [0.717, 1.165) is 16.6 Å². The Morgan fingerprint density at radius 3 is 2.76 bits per heavy atom. The summed E-state index contributed by atoms with van der Waals surface area (Å²) in [5.41, 5.74) is 2.24. The topological polar surface area (TPSA) is 38.8 Å². The molecule has 0 aliphatic carbocycles. The molecular weight excluding hydrogens is 332 g/mol. The third kappa shape index (κ3) is 3.34. The van der Waals surface area contributed by atoms with Crippen LogP contribution in [0.5, 0.6) is 5.75 Å². The summed E-state index contributed by atoms with van der Waals surface area (Å²) in [6.45, 7) is 3.14. The molecule has 1 saturated heterocycles. The van der Waals surface area contributed by atoms with Crippen molar-refractivity contribution in [2.75, 3.05) is 13.2 Å². The van der Waals surface area contributed by atoms with Gasteiger partial charge in [0.05, 0.1) is 12.2 Å². The summed E-state index contributed by atoms with van der Waals surface area (Å²) in [6.07, 6.45) is 0.158. The Bertz CT molecular complexity index is 677. The van der Waals surface area contributed by atoms with Gasteiger partial charge in [0, 0.05) is 10.0 Å². The van der Waals surface area contributed by atoms with Gasteiger partial charge in [-0.05, 0) is 30.7 Å². The minimum absolute atomic E-state index is 0.0210. The number of hydrogen-bond acceptors (Lipinski definition) is 3. The van der Waals surface area contributed by atoms with E-state index in [1.165, 1.54) is 0 Å². The van der Waals surface area contributed by atoms with Crippen molar-refractivity contribution in [3.8, 4) is 5.75 Å². The first kappa shape index (κ1) is 14.3. The predicted molar refractivity (Wildman–Crippen MR) is 84.0 cm³/mol. The highest BCUT2D eigenvalue weighted by molar-refractivity contribution is 9.10. The second-order valence-electron chi connectivity index (χ2n) is 5.05. The van der Waals surface area contributed by atoms with Crippen molar-refractivity contribution in [3.63, 3.8) is 0 Å². The standard InChI is InChI=1S/C17H15BrO3/c1-11-4-2-3-5-14(11)17(19)15-7-6-12(18)8-16(15)21-10-13-9-20-13/h2-8,13H,9-10H2,1H3. The fourth-order valence-electron chi connectivity index (χ4n) is 2.12. The molecule has 1 heterocycles. The highest BCUT2D eigenvalue weighted by Crippen LogP contribution is 2.28. The Morgan fingerprint density at radius 2 is 2.05 bits per heavy atom. The van der Waals surface area contributed by atoms with E-state index in [-0.39, 0.29) is 11.9 Å². The molecule has 0 saturated carbocycles. The Labute approximate surface area is 132 Å². The van der Waals surface area contributed by atoms with Gasteiger partial charge in [-0.2, -0.15) is 0 Å². The molecule has 0 N–H and O–H groups in total. The zero-order chi connectivity index (χ0) is 14.8. The van der Waals surface area contributed by atoms with Gasteiger partial charge in [0.1, 0.15) is 18.5 Å². The Hall–Kier alpha value is -1.65. The lowest BCUT2D eigenvalue weighted by molar-refractivity contribution is 0.103. The first-order valence-electron chi connectivity index (χ1n) is 6.79. The van der Waals surface area contributed by atoms with Crippen molar-refractivity contribution in [1.82, 2.24) is 0 Å². The summed E-state index contributed by atoms with van der Waals surface area (Å²) in [5, 5.41) is 0. The third-order valence-electron chi connectivity index (χ3n) is 3.41. The summed E-state index contributed by atoms with van der Waals surface area (Å²) in [4.78, 5) is 12.7. The zero-order valence-electron chi connectivity index (χ0n) is 11.6. The summed E-state index contributed by atoms with van der Waals surface area (Å²) >= 11 is 3.42. The number of epoxide rings is 1. The highest BCUT2D eigenvalue weighted by Gasteiger charge is 2.24. The van der Waals surface area contributed by atoms with E-state index in [4.69, 9.17) is 9.47 Å². The summed E-state index contributed by atoms with van der Waals surface area (Å²) in [6, 6.07) is 13.0. The van der Waals surface area contributed by atoms with Crippen LogP contribution in [0.4, 0.5) is 0 Å². The summed E-state index contributed by atoms with van der Waals surface area (Å²) in [5.74, 6) is 0.570. The number of carbonyl (C=O) groups excluding carboxylic acids is 1. The van der Waals surface area contributed by atoms with Crippen molar-refractivity contribution in [1.29, 1.82) is 0 Å². The minimum atomic E-state index is -0.0210. The maximum absolute atomic E-state index is 12.7. The van der Waals surface area contributed by atoms with Crippen molar-refractivity contribution < 1.29 is 14.3 Å². The lowest BCUT2D eigenvalue weighted by Crippen LogP contribution is -2.10. The molecule has 0 radical (unpaired) electrons. The van der Waals surface area contributed by atoms with Crippen LogP contribution in [0.25, 0.3) is 0 Å². The van der Waals surface area contributed by atoms with Gasteiger partial charge in [-0.15, -0.1) is 0 Å². The smallest absolute Gasteiger partial charge is 0.197 e. The molecule has 3 rings (SSSR count). The van der Waals surface area contributed by atoms with Crippen LogP contribution >= 0.6 is 15.9 Å². The molecule has 108 valence electrons. The maximum atomic E-state index is 12.7. The van der Waals surface area contributed by atoms with Crippen LogP contribution in [0, 0.1) is 6.92 Å². The lowest BCUT2D eigenvalue weighted by Gasteiger charge is -2.12. The molecule has 1 fully saturated rings. The van der Waals surface area contributed by atoms with Gasteiger partial charge in [0.15, 0.2) is 5.78 Å². The normalized spacial score (nSPS) is 16.6. The molecule has 2 aromatic carbocycles. The van der Waals surface area contributed by atoms with Crippen LogP contribution in [0.3, 0.4) is 0 Å².